The van der Waals surface area contributed by atoms with Crippen molar-refractivity contribution in [2.24, 2.45) is 0 Å². The maximum atomic E-state index is 13.2. The van der Waals surface area contributed by atoms with Crippen molar-refractivity contribution in [3.05, 3.63) is 29.2 Å². The zero-order valence-corrected chi connectivity index (χ0v) is 15.0. The molecule has 1 aliphatic heterocycles. The molecular formula is C17H22F3N5O. The second-order valence-electron chi connectivity index (χ2n) is 6.49. The van der Waals surface area contributed by atoms with Gasteiger partial charge in [0.2, 0.25) is 0 Å². The van der Waals surface area contributed by atoms with Crippen molar-refractivity contribution in [2.45, 2.75) is 39.4 Å². The number of likely N-dealkylation sites (N-methyl/N-ethyl adjacent to an activating group) is 1. The van der Waals surface area contributed by atoms with Crippen molar-refractivity contribution in [3.8, 4) is 0 Å². The molecule has 6 nitrogen and oxygen atoms in total. The number of likely N-dealkylation sites (tertiary alicyclic amines) is 1. The third-order valence-corrected chi connectivity index (χ3v) is 4.90. The fraction of sp³-hybridized carbons (Fsp3) is 0.588. The van der Waals surface area contributed by atoms with Gasteiger partial charge < -0.3 is 4.90 Å². The summed E-state index contributed by atoms with van der Waals surface area (Å²) in [5.74, 6) is -0.319. The molecule has 1 aliphatic rings. The van der Waals surface area contributed by atoms with E-state index in [1.807, 2.05) is 0 Å². The van der Waals surface area contributed by atoms with Crippen molar-refractivity contribution < 1.29 is 18.0 Å². The van der Waals surface area contributed by atoms with Gasteiger partial charge in [-0.3, -0.25) is 9.69 Å². The van der Waals surface area contributed by atoms with E-state index in [0.717, 1.165) is 25.6 Å². The van der Waals surface area contributed by atoms with Crippen LogP contribution >= 0.6 is 0 Å². The van der Waals surface area contributed by atoms with Crippen molar-refractivity contribution in [3.63, 3.8) is 0 Å². The number of fused-ring (bicyclic) bond motifs is 1. The van der Waals surface area contributed by atoms with Gasteiger partial charge in [0.05, 0.1) is 6.20 Å². The molecule has 3 heterocycles. The van der Waals surface area contributed by atoms with E-state index in [1.54, 1.807) is 4.90 Å². The summed E-state index contributed by atoms with van der Waals surface area (Å²) in [6.45, 7) is 8.56. The van der Waals surface area contributed by atoms with Crippen LogP contribution in [0.4, 0.5) is 13.2 Å². The minimum Gasteiger partial charge on any atom is -0.337 e. The van der Waals surface area contributed by atoms with E-state index in [2.05, 4.69) is 28.8 Å². The monoisotopic (exact) mass is 369 g/mol. The van der Waals surface area contributed by atoms with E-state index < -0.39 is 11.9 Å². The Morgan fingerprint density at radius 3 is 2.65 bits per heavy atom. The normalized spacial score (nSPS) is 18.3. The molecule has 0 spiro atoms. The number of hydrogen-bond acceptors (Lipinski definition) is 4. The van der Waals surface area contributed by atoms with E-state index >= 15 is 0 Å². The summed E-state index contributed by atoms with van der Waals surface area (Å²) in [5, 5.41) is 3.78. The highest BCUT2D eigenvalue weighted by Crippen LogP contribution is 2.30. The molecule has 0 aromatic carbocycles. The first-order valence-corrected chi connectivity index (χ1v) is 8.72. The molecule has 142 valence electrons. The third-order valence-electron chi connectivity index (χ3n) is 4.90. The molecular weight excluding hydrogens is 347 g/mol. The molecule has 1 saturated heterocycles. The first-order chi connectivity index (χ1) is 12.3. The zero-order valence-electron chi connectivity index (χ0n) is 15.0. The number of nitrogens with zero attached hydrogens (tertiary/aromatic N) is 5. The Balaban J connectivity index is 1.92. The molecule has 1 amide bonds. The largest absolute Gasteiger partial charge is 0.433 e. The molecule has 0 radical (unpaired) electrons. The first-order valence-electron chi connectivity index (χ1n) is 8.72. The predicted molar refractivity (Wildman–Crippen MR) is 90.0 cm³/mol. The number of hydrogen-bond donors (Lipinski definition) is 0. The standard InChI is InChI=1S/C17H22F3N5O/c1-4-23(5-2)12-6-7-24(10-12)16(26)13-9-21-25-14(17(18,19)20)8-11(3)22-15(13)25/h8-9,12H,4-7,10H2,1-3H3. The van der Waals surface area contributed by atoms with Crippen LogP contribution in [0.25, 0.3) is 5.65 Å². The van der Waals surface area contributed by atoms with Crippen LogP contribution in [-0.2, 0) is 6.18 Å². The van der Waals surface area contributed by atoms with Crippen molar-refractivity contribution >= 4 is 11.6 Å². The quantitative estimate of drug-likeness (QED) is 0.831. The van der Waals surface area contributed by atoms with Crippen molar-refractivity contribution in [2.75, 3.05) is 26.2 Å². The lowest BCUT2D eigenvalue weighted by molar-refractivity contribution is -0.142. The van der Waals surface area contributed by atoms with E-state index in [9.17, 15) is 18.0 Å². The molecule has 0 saturated carbocycles. The maximum Gasteiger partial charge on any atom is 0.433 e. The van der Waals surface area contributed by atoms with E-state index in [1.165, 1.54) is 13.1 Å². The minimum absolute atomic E-state index is 0.0476. The van der Waals surface area contributed by atoms with Gasteiger partial charge >= 0.3 is 6.18 Å². The Kier molecular flexibility index (Phi) is 4.92. The molecule has 1 atom stereocenters. The maximum absolute atomic E-state index is 13.2. The number of carbonyl (C=O) groups is 1. The third kappa shape index (κ3) is 3.27. The number of rotatable bonds is 4. The summed E-state index contributed by atoms with van der Waals surface area (Å²) in [6.07, 6.45) is -2.53. The summed E-state index contributed by atoms with van der Waals surface area (Å²) in [5.41, 5.74) is -0.670. The van der Waals surface area contributed by atoms with Gasteiger partial charge in [0.15, 0.2) is 5.65 Å². The summed E-state index contributed by atoms with van der Waals surface area (Å²) in [6, 6.07) is 1.21. The molecule has 0 bridgehead atoms. The highest BCUT2D eigenvalue weighted by molar-refractivity contribution is 5.99. The van der Waals surface area contributed by atoms with Gasteiger partial charge in [-0.05, 0) is 32.5 Å². The first kappa shape index (κ1) is 18.6. The summed E-state index contributed by atoms with van der Waals surface area (Å²) < 4.78 is 40.4. The van der Waals surface area contributed by atoms with Gasteiger partial charge in [-0.2, -0.15) is 18.3 Å². The van der Waals surface area contributed by atoms with Gasteiger partial charge in [-0.1, -0.05) is 13.8 Å². The molecule has 0 aliphatic carbocycles. The number of amides is 1. The summed E-state index contributed by atoms with van der Waals surface area (Å²) >= 11 is 0. The smallest absolute Gasteiger partial charge is 0.337 e. The zero-order chi connectivity index (χ0) is 19.1. The van der Waals surface area contributed by atoms with Crippen LogP contribution in [0.5, 0.6) is 0 Å². The van der Waals surface area contributed by atoms with Gasteiger partial charge in [-0.25, -0.2) is 9.50 Å². The number of halogens is 3. The average molecular weight is 369 g/mol. The lowest BCUT2D eigenvalue weighted by Gasteiger charge is -2.26. The Bertz CT molecular complexity index is 813. The molecule has 1 unspecified atom stereocenters. The predicted octanol–water partition coefficient (Wildman–Crippen LogP) is 2.61. The molecule has 2 aromatic rings. The molecule has 1 fully saturated rings. The van der Waals surface area contributed by atoms with Crippen LogP contribution in [0.15, 0.2) is 12.3 Å². The number of carbonyl (C=O) groups excluding carboxylic acids is 1. The second kappa shape index (κ2) is 6.86. The molecule has 0 N–H and O–H groups in total. The van der Waals surface area contributed by atoms with Crippen LogP contribution in [-0.4, -0.2) is 62.5 Å². The van der Waals surface area contributed by atoms with Gasteiger partial charge in [0.1, 0.15) is 11.3 Å². The summed E-state index contributed by atoms with van der Waals surface area (Å²) in [4.78, 5) is 21.0. The van der Waals surface area contributed by atoms with Crippen LogP contribution in [0, 0.1) is 6.92 Å². The van der Waals surface area contributed by atoms with Gasteiger partial charge in [-0.15, -0.1) is 0 Å². The minimum atomic E-state index is -4.57. The fourth-order valence-corrected chi connectivity index (χ4v) is 3.57. The SMILES string of the molecule is CCN(CC)C1CCN(C(=O)c2cnn3c(C(F)(F)F)cc(C)nc23)C1. The number of aryl methyl sites for hydroxylation is 1. The molecule has 26 heavy (non-hydrogen) atoms. The van der Waals surface area contributed by atoms with Crippen LogP contribution in [0.3, 0.4) is 0 Å². The highest BCUT2D eigenvalue weighted by atomic mass is 19.4. The Morgan fingerprint density at radius 1 is 1.35 bits per heavy atom. The summed E-state index contributed by atoms with van der Waals surface area (Å²) in [7, 11) is 0. The van der Waals surface area contributed by atoms with E-state index in [4.69, 9.17) is 0 Å². The number of alkyl halides is 3. The van der Waals surface area contributed by atoms with Crippen LogP contribution in [0.1, 0.15) is 42.0 Å². The van der Waals surface area contributed by atoms with E-state index in [-0.39, 0.29) is 28.9 Å². The van der Waals surface area contributed by atoms with E-state index in [0.29, 0.717) is 17.6 Å². The second-order valence-corrected chi connectivity index (χ2v) is 6.49. The lowest BCUT2D eigenvalue weighted by atomic mass is 10.2. The van der Waals surface area contributed by atoms with Crippen molar-refractivity contribution in [1.29, 1.82) is 0 Å². The fourth-order valence-electron chi connectivity index (χ4n) is 3.57. The van der Waals surface area contributed by atoms with Crippen molar-refractivity contribution in [1.82, 2.24) is 24.4 Å². The Morgan fingerprint density at radius 2 is 2.04 bits per heavy atom. The van der Waals surface area contributed by atoms with Gasteiger partial charge in [0.25, 0.3) is 5.91 Å². The molecule has 2 aromatic heterocycles. The highest BCUT2D eigenvalue weighted by Gasteiger charge is 2.36. The van der Waals surface area contributed by atoms with Crippen LogP contribution < -0.4 is 0 Å². The number of aromatic nitrogens is 3. The Labute approximate surface area is 149 Å². The Hall–Kier alpha value is -2.16. The molecule has 9 heteroatoms. The van der Waals surface area contributed by atoms with Crippen LogP contribution in [0.2, 0.25) is 0 Å². The molecule has 3 rings (SSSR count). The average Bonchev–Trinajstić information content (AvgIpc) is 3.21. The van der Waals surface area contributed by atoms with Gasteiger partial charge in [0, 0.05) is 24.8 Å². The topological polar surface area (TPSA) is 53.7 Å². The lowest BCUT2D eigenvalue weighted by Crippen LogP contribution is -2.38.